The highest BCUT2D eigenvalue weighted by atomic mass is 35.5. The normalized spacial score (nSPS) is 20.2. The first kappa shape index (κ1) is 15.5. The highest BCUT2D eigenvalue weighted by molar-refractivity contribution is 7.88. The van der Waals surface area contributed by atoms with Gasteiger partial charge in [0.25, 0.3) is 0 Å². The topological polar surface area (TPSA) is 76.3 Å². The van der Waals surface area contributed by atoms with Crippen LogP contribution >= 0.6 is 11.6 Å². The monoisotopic (exact) mass is 341 g/mol. The summed E-state index contributed by atoms with van der Waals surface area (Å²) in [6.07, 6.45) is 2.83. The number of hydrogen-bond donors (Lipinski definition) is 0. The van der Waals surface area contributed by atoms with Crippen LogP contribution in [0.25, 0.3) is 11.4 Å². The quantitative estimate of drug-likeness (QED) is 0.857. The van der Waals surface area contributed by atoms with Crippen LogP contribution in [0, 0.1) is 0 Å². The average molecular weight is 342 g/mol. The molecule has 0 aliphatic carbocycles. The van der Waals surface area contributed by atoms with E-state index < -0.39 is 10.0 Å². The molecule has 0 spiro atoms. The zero-order valence-corrected chi connectivity index (χ0v) is 13.6. The van der Waals surface area contributed by atoms with Crippen LogP contribution in [0.2, 0.25) is 5.02 Å². The van der Waals surface area contributed by atoms with Crippen molar-refractivity contribution in [3.05, 3.63) is 35.2 Å². The summed E-state index contributed by atoms with van der Waals surface area (Å²) in [5, 5.41) is 4.52. The second-order valence-electron chi connectivity index (χ2n) is 5.40. The molecule has 0 radical (unpaired) electrons. The van der Waals surface area contributed by atoms with E-state index in [0.29, 0.717) is 35.4 Å². The van der Waals surface area contributed by atoms with E-state index >= 15 is 0 Å². The van der Waals surface area contributed by atoms with Crippen LogP contribution in [0.15, 0.2) is 28.8 Å². The van der Waals surface area contributed by atoms with Crippen molar-refractivity contribution in [3.63, 3.8) is 0 Å². The van der Waals surface area contributed by atoms with Gasteiger partial charge in [-0.15, -0.1) is 0 Å². The van der Waals surface area contributed by atoms with Crippen LogP contribution in [0.4, 0.5) is 0 Å². The number of halogens is 1. The Balaban J connectivity index is 1.84. The molecule has 6 nitrogen and oxygen atoms in total. The van der Waals surface area contributed by atoms with Gasteiger partial charge in [0, 0.05) is 18.7 Å². The Morgan fingerprint density at radius 3 is 2.86 bits per heavy atom. The minimum absolute atomic E-state index is 0.0767. The van der Waals surface area contributed by atoms with Gasteiger partial charge >= 0.3 is 0 Å². The summed E-state index contributed by atoms with van der Waals surface area (Å²) >= 11 is 6.13. The molecule has 8 heteroatoms. The van der Waals surface area contributed by atoms with E-state index in [2.05, 4.69) is 10.1 Å². The maximum atomic E-state index is 11.7. The molecule has 0 saturated carbocycles. The Morgan fingerprint density at radius 2 is 2.14 bits per heavy atom. The molecule has 1 saturated heterocycles. The van der Waals surface area contributed by atoms with Gasteiger partial charge in [0.15, 0.2) is 0 Å². The Labute approximate surface area is 134 Å². The molecule has 0 bridgehead atoms. The molecule has 1 aliphatic heterocycles. The second kappa shape index (κ2) is 5.98. The molecule has 1 aromatic heterocycles. The molecule has 1 aliphatic rings. The van der Waals surface area contributed by atoms with Gasteiger partial charge in [0.1, 0.15) is 0 Å². The molecule has 0 N–H and O–H groups in total. The SMILES string of the molecule is CS(=O)(=O)N1CCC[C@H](c2nc(-c3ccccc3Cl)no2)C1. The molecule has 1 atom stereocenters. The Kier molecular flexibility index (Phi) is 4.20. The summed E-state index contributed by atoms with van der Waals surface area (Å²) in [7, 11) is -3.20. The van der Waals surface area contributed by atoms with Crippen LogP contribution in [-0.2, 0) is 10.0 Å². The smallest absolute Gasteiger partial charge is 0.231 e. The maximum absolute atomic E-state index is 11.7. The number of rotatable bonds is 3. The van der Waals surface area contributed by atoms with Crippen molar-refractivity contribution in [2.75, 3.05) is 19.3 Å². The van der Waals surface area contributed by atoms with Crippen LogP contribution in [0.1, 0.15) is 24.7 Å². The third kappa shape index (κ3) is 3.16. The molecular formula is C14H16ClN3O3S. The molecule has 1 fully saturated rings. The van der Waals surface area contributed by atoms with E-state index in [1.54, 1.807) is 6.07 Å². The number of benzene rings is 1. The third-order valence-corrected chi connectivity index (χ3v) is 5.36. The van der Waals surface area contributed by atoms with Crippen LogP contribution in [0.5, 0.6) is 0 Å². The fraction of sp³-hybridized carbons (Fsp3) is 0.429. The number of hydrogen-bond acceptors (Lipinski definition) is 5. The van der Waals surface area contributed by atoms with Gasteiger partial charge in [0.05, 0.1) is 17.2 Å². The average Bonchev–Trinajstić information content (AvgIpc) is 2.97. The third-order valence-electron chi connectivity index (χ3n) is 3.76. The first-order valence-corrected chi connectivity index (χ1v) is 9.21. The minimum Gasteiger partial charge on any atom is -0.339 e. The lowest BCUT2D eigenvalue weighted by Gasteiger charge is -2.28. The highest BCUT2D eigenvalue weighted by Crippen LogP contribution is 2.30. The summed E-state index contributed by atoms with van der Waals surface area (Å²) < 4.78 is 30.1. The van der Waals surface area contributed by atoms with Crippen molar-refractivity contribution in [1.29, 1.82) is 0 Å². The molecule has 0 amide bonds. The number of piperidine rings is 1. The van der Waals surface area contributed by atoms with Gasteiger partial charge < -0.3 is 4.52 Å². The summed E-state index contributed by atoms with van der Waals surface area (Å²) in [6.45, 7) is 0.920. The molecular weight excluding hydrogens is 326 g/mol. The zero-order chi connectivity index (χ0) is 15.7. The van der Waals surface area contributed by atoms with Crippen LogP contribution < -0.4 is 0 Å². The lowest BCUT2D eigenvalue weighted by Crippen LogP contribution is -2.38. The molecule has 0 unspecified atom stereocenters. The highest BCUT2D eigenvalue weighted by Gasteiger charge is 2.30. The van der Waals surface area contributed by atoms with E-state index in [1.807, 2.05) is 18.2 Å². The van der Waals surface area contributed by atoms with E-state index in [9.17, 15) is 8.42 Å². The van der Waals surface area contributed by atoms with Crippen molar-refractivity contribution in [3.8, 4) is 11.4 Å². The number of nitrogens with zero attached hydrogens (tertiary/aromatic N) is 3. The largest absolute Gasteiger partial charge is 0.339 e. The summed E-state index contributed by atoms with van der Waals surface area (Å²) in [5.41, 5.74) is 0.704. The Bertz CT molecular complexity index is 775. The van der Waals surface area contributed by atoms with Crippen molar-refractivity contribution in [2.45, 2.75) is 18.8 Å². The van der Waals surface area contributed by atoms with Crippen molar-refractivity contribution >= 4 is 21.6 Å². The molecule has 3 rings (SSSR count). The standard InChI is InChI=1S/C14H16ClN3O3S/c1-22(19,20)18-8-4-5-10(9-18)14-16-13(17-21-14)11-6-2-3-7-12(11)15/h2-3,6-7,10H,4-5,8-9H2,1H3/t10-/m0/s1. The summed E-state index contributed by atoms with van der Waals surface area (Å²) in [5.74, 6) is 0.813. The molecule has 118 valence electrons. The van der Waals surface area contributed by atoms with Gasteiger partial charge in [-0.1, -0.05) is 28.9 Å². The number of aromatic nitrogens is 2. The van der Waals surface area contributed by atoms with Gasteiger partial charge in [-0.05, 0) is 25.0 Å². The lowest BCUT2D eigenvalue weighted by atomic mass is 10.00. The van der Waals surface area contributed by atoms with Gasteiger partial charge in [-0.2, -0.15) is 4.98 Å². The fourth-order valence-corrected chi connectivity index (χ4v) is 3.73. The predicted octanol–water partition coefficient (Wildman–Crippen LogP) is 2.53. The minimum atomic E-state index is -3.20. The first-order chi connectivity index (χ1) is 10.4. The predicted molar refractivity (Wildman–Crippen MR) is 83.1 cm³/mol. The van der Waals surface area contributed by atoms with Gasteiger partial charge in [-0.25, -0.2) is 12.7 Å². The second-order valence-corrected chi connectivity index (χ2v) is 7.79. The van der Waals surface area contributed by atoms with E-state index in [0.717, 1.165) is 12.8 Å². The van der Waals surface area contributed by atoms with Crippen LogP contribution in [0.3, 0.4) is 0 Å². The molecule has 2 heterocycles. The van der Waals surface area contributed by atoms with E-state index in [-0.39, 0.29) is 5.92 Å². The number of sulfonamides is 1. The Hall–Kier alpha value is -1.44. The van der Waals surface area contributed by atoms with E-state index in [1.165, 1.54) is 10.6 Å². The molecule has 22 heavy (non-hydrogen) atoms. The summed E-state index contributed by atoms with van der Waals surface area (Å²) in [6, 6.07) is 7.26. The van der Waals surface area contributed by atoms with Crippen molar-refractivity contribution < 1.29 is 12.9 Å². The maximum Gasteiger partial charge on any atom is 0.231 e. The lowest BCUT2D eigenvalue weighted by molar-refractivity contribution is 0.266. The van der Waals surface area contributed by atoms with E-state index in [4.69, 9.17) is 16.1 Å². The molecule has 1 aromatic carbocycles. The fourth-order valence-electron chi connectivity index (χ4n) is 2.60. The van der Waals surface area contributed by atoms with Gasteiger partial charge in [-0.3, -0.25) is 0 Å². The van der Waals surface area contributed by atoms with Gasteiger partial charge in [0.2, 0.25) is 21.7 Å². The van der Waals surface area contributed by atoms with Crippen molar-refractivity contribution in [1.82, 2.24) is 14.4 Å². The Morgan fingerprint density at radius 1 is 1.36 bits per heavy atom. The first-order valence-electron chi connectivity index (χ1n) is 6.99. The van der Waals surface area contributed by atoms with Crippen LogP contribution in [-0.4, -0.2) is 42.2 Å². The summed E-state index contributed by atoms with van der Waals surface area (Å²) in [4.78, 5) is 4.40. The zero-order valence-electron chi connectivity index (χ0n) is 12.1. The molecule has 2 aromatic rings. The van der Waals surface area contributed by atoms with Crippen molar-refractivity contribution in [2.24, 2.45) is 0 Å².